The van der Waals surface area contributed by atoms with Crippen molar-refractivity contribution < 1.29 is 14.6 Å². The number of unbranched alkanes of at least 4 members (excludes halogenated alkanes) is 1. The van der Waals surface area contributed by atoms with Gasteiger partial charge in [-0.2, -0.15) is 0 Å². The first-order chi connectivity index (χ1) is 8.85. The fraction of sp³-hybridized carbons (Fsp3) is 0.538. The third-order valence-electron chi connectivity index (χ3n) is 3.01. The SMILES string of the molecule is NCC(NCCCCO)c1ccc2c(c1)OCO2. The molecular formula is C13H20N2O3. The van der Waals surface area contributed by atoms with E-state index in [0.29, 0.717) is 6.54 Å². The van der Waals surface area contributed by atoms with Crippen LogP contribution in [0.2, 0.25) is 0 Å². The van der Waals surface area contributed by atoms with E-state index in [9.17, 15) is 0 Å². The van der Waals surface area contributed by atoms with Gasteiger partial charge in [0.05, 0.1) is 0 Å². The lowest BCUT2D eigenvalue weighted by Crippen LogP contribution is -2.29. The van der Waals surface area contributed by atoms with E-state index >= 15 is 0 Å². The molecule has 4 N–H and O–H groups in total. The monoisotopic (exact) mass is 252 g/mol. The summed E-state index contributed by atoms with van der Waals surface area (Å²) in [6.45, 7) is 1.89. The number of aliphatic hydroxyl groups is 1. The van der Waals surface area contributed by atoms with Gasteiger partial charge in [0, 0.05) is 19.2 Å². The fourth-order valence-electron chi connectivity index (χ4n) is 1.98. The Bertz CT molecular complexity index is 384. The van der Waals surface area contributed by atoms with Crippen LogP contribution in [0.25, 0.3) is 0 Å². The van der Waals surface area contributed by atoms with Gasteiger partial charge in [0.1, 0.15) is 0 Å². The molecule has 0 aliphatic carbocycles. The van der Waals surface area contributed by atoms with Gasteiger partial charge < -0.3 is 25.6 Å². The predicted octanol–water partition coefficient (Wildman–Crippen LogP) is 0.777. The number of nitrogens with one attached hydrogen (secondary N) is 1. The lowest BCUT2D eigenvalue weighted by Gasteiger charge is -2.17. The van der Waals surface area contributed by atoms with E-state index in [-0.39, 0.29) is 19.4 Å². The minimum atomic E-state index is 0.109. The van der Waals surface area contributed by atoms with E-state index in [1.165, 1.54) is 0 Å². The van der Waals surface area contributed by atoms with E-state index in [2.05, 4.69) is 5.32 Å². The second kappa shape index (κ2) is 6.58. The number of ether oxygens (including phenoxy) is 2. The van der Waals surface area contributed by atoms with Crippen LogP contribution >= 0.6 is 0 Å². The Morgan fingerprint density at radius 3 is 2.89 bits per heavy atom. The maximum atomic E-state index is 8.73. The molecule has 1 aliphatic rings. The second-order valence-corrected chi connectivity index (χ2v) is 4.29. The molecule has 18 heavy (non-hydrogen) atoms. The smallest absolute Gasteiger partial charge is 0.231 e. The van der Waals surface area contributed by atoms with Crippen LogP contribution in [0.3, 0.4) is 0 Å². The van der Waals surface area contributed by atoms with Crippen molar-refractivity contribution in [2.75, 3.05) is 26.5 Å². The number of fused-ring (bicyclic) bond motifs is 1. The van der Waals surface area contributed by atoms with Crippen LogP contribution in [0, 0.1) is 0 Å². The molecule has 0 amide bonds. The molecule has 1 aliphatic heterocycles. The summed E-state index contributed by atoms with van der Waals surface area (Å²) in [5, 5.41) is 12.1. The molecule has 1 aromatic rings. The summed E-state index contributed by atoms with van der Waals surface area (Å²) in [6.07, 6.45) is 1.75. The molecule has 5 heteroatoms. The molecule has 1 atom stereocenters. The van der Waals surface area contributed by atoms with Gasteiger partial charge in [-0.15, -0.1) is 0 Å². The quantitative estimate of drug-likeness (QED) is 0.625. The van der Waals surface area contributed by atoms with Crippen LogP contribution in [0.15, 0.2) is 18.2 Å². The Morgan fingerprint density at radius 1 is 1.28 bits per heavy atom. The van der Waals surface area contributed by atoms with Crippen molar-refractivity contribution >= 4 is 0 Å². The van der Waals surface area contributed by atoms with Gasteiger partial charge in [-0.3, -0.25) is 0 Å². The zero-order chi connectivity index (χ0) is 12.8. The molecular weight excluding hydrogens is 232 g/mol. The number of hydrogen-bond donors (Lipinski definition) is 3. The average Bonchev–Trinajstić information content (AvgIpc) is 2.86. The van der Waals surface area contributed by atoms with Crippen molar-refractivity contribution in [2.45, 2.75) is 18.9 Å². The Labute approximate surface area is 107 Å². The van der Waals surface area contributed by atoms with Crippen molar-refractivity contribution in [3.05, 3.63) is 23.8 Å². The molecule has 1 unspecified atom stereocenters. The third kappa shape index (κ3) is 3.13. The van der Waals surface area contributed by atoms with Crippen molar-refractivity contribution in [2.24, 2.45) is 5.73 Å². The van der Waals surface area contributed by atoms with Crippen molar-refractivity contribution in [3.8, 4) is 11.5 Å². The molecule has 2 rings (SSSR count). The highest BCUT2D eigenvalue weighted by Gasteiger charge is 2.16. The minimum Gasteiger partial charge on any atom is -0.454 e. The van der Waals surface area contributed by atoms with Crippen molar-refractivity contribution in [3.63, 3.8) is 0 Å². The molecule has 0 saturated carbocycles. The normalized spacial score (nSPS) is 14.8. The average molecular weight is 252 g/mol. The molecule has 0 aromatic heterocycles. The molecule has 0 saturated heterocycles. The summed E-state index contributed by atoms with van der Waals surface area (Å²) in [6, 6.07) is 6.00. The molecule has 0 bridgehead atoms. The molecule has 0 radical (unpaired) electrons. The van der Waals surface area contributed by atoms with E-state index in [4.69, 9.17) is 20.3 Å². The number of benzene rings is 1. The van der Waals surface area contributed by atoms with Crippen molar-refractivity contribution in [1.82, 2.24) is 5.32 Å². The van der Waals surface area contributed by atoms with Crippen molar-refractivity contribution in [1.29, 1.82) is 0 Å². The maximum absolute atomic E-state index is 8.73. The first-order valence-corrected chi connectivity index (χ1v) is 6.29. The molecule has 1 aromatic carbocycles. The number of rotatable bonds is 7. The minimum absolute atomic E-state index is 0.109. The number of hydrogen-bond acceptors (Lipinski definition) is 5. The fourth-order valence-corrected chi connectivity index (χ4v) is 1.98. The van der Waals surface area contributed by atoms with Gasteiger partial charge >= 0.3 is 0 Å². The Hall–Kier alpha value is -1.30. The van der Waals surface area contributed by atoms with E-state index in [0.717, 1.165) is 36.4 Å². The maximum Gasteiger partial charge on any atom is 0.231 e. The zero-order valence-corrected chi connectivity index (χ0v) is 10.4. The highest BCUT2D eigenvalue weighted by atomic mass is 16.7. The lowest BCUT2D eigenvalue weighted by atomic mass is 10.1. The Morgan fingerprint density at radius 2 is 2.11 bits per heavy atom. The molecule has 0 spiro atoms. The van der Waals surface area contributed by atoms with Gasteiger partial charge in [-0.1, -0.05) is 6.07 Å². The van der Waals surface area contributed by atoms with Crippen LogP contribution < -0.4 is 20.5 Å². The number of nitrogens with two attached hydrogens (primary N) is 1. The molecule has 100 valence electrons. The first kappa shape index (κ1) is 13.1. The summed E-state index contributed by atoms with van der Waals surface area (Å²) >= 11 is 0. The predicted molar refractivity (Wildman–Crippen MR) is 68.7 cm³/mol. The van der Waals surface area contributed by atoms with Crippen LogP contribution in [-0.2, 0) is 0 Å². The topological polar surface area (TPSA) is 76.7 Å². The molecule has 1 heterocycles. The summed E-state index contributed by atoms with van der Waals surface area (Å²) < 4.78 is 10.6. The van der Waals surface area contributed by atoms with Gasteiger partial charge in [0.2, 0.25) is 6.79 Å². The third-order valence-corrected chi connectivity index (χ3v) is 3.01. The van der Waals surface area contributed by atoms with E-state index in [1.54, 1.807) is 0 Å². The van der Waals surface area contributed by atoms with Crippen LogP contribution in [0.1, 0.15) is 24.4 Å². The molecule has 0 fully saturated rings. The summed E-state index contributed by atoms with van der Waals surface area (Å²) in [5.74, 6) is 1.57. The standard InChI is InChI=1S/C13H20N2O3/c14-8-11(15-5-1-2-6-16)10-3-4-12-13(7-10)18-9-17-12/h3-4,7,11,15-16H,1-2,5-6,8-9,14H2. The van der Waals surface area contributed by atoms with Gasteiger partial charge in [0.15, 0.2) is 11.5 Å². The first-order valence-electron chi connectivity index (χ1n) is 6.29. The number of aliphatic hydroxyl groups excluding tert-OH is 1. The summed E-state index contributed by atoms with van der Waals surface area (Å²) in [7, 11) is 0. The van der Waals surface area contributed by atoms with Crippen LogP contribution in [-0.4, -0.2) is 31.6 Å². The lowest BCUT2D eigenvalue weighted by molar-refractivity contribution is 0.174. The highest BCUT2D eigenvalue weighted by molar-refractivity contribution is 5.45. The summed E-state index contributed by atoms with van der Waals surface area (Å²) in [4.78, 5) is 0. The summed E-state index contributed by atoms with van der Waals surface area (Å²) in [5.41, 5.74) is 6.88. The zero-order valence-electron chi connectivity index (χ0n) is 10.4. The largest absolute Gasteiger partial charge is 0.454 e. The second-order valence-electron chi connectivity index (χ2n) is 4.29. The van der Waals surface area contributed by atoms with Crippen LogP contribution in [0.4, 0.5) is 0 Å². The highest BCUT2D eigenvalue weighted by Crippen LogP contribution is 2.33. The van der Waals surface area contributed by atoms with Gasteiger partial charge in [-0.05, 0) is 37.1 Å². The van der Waals surface area contributed by atoms with E-state index < -0.39 is 0 Å². The Balaban J connectivity index is 1.94. The van der Waals surface area contributed by atoms with Gasteiger partial charge in [-0.25, -0.2) is 0 Å². The molecule has 5 nitrogen and oxygen atoms in total. The Kier molecular flexibility index (Phi) is 4.81. The van der Waals surface area contributed by atoms with Crippen LogP contribution in [0.5, 0.6) is 11.5 Å². The van der Waals surface area contributed by atoms with Gasteiger partial charge in [0.25, 0.3) is 0 Å². The van der Waals surface area contributed by atoms with E-state index in [1.807, 2.05) is 18.2 Å².